The Labute approximate surface area is 136 Å². The summed E-state index contributed by atoms with van der Waals surface area (Å²) in [4.78, 5) is 25.0. The van der Waals surface area contributed by atoms with Crippen LogP contribution >= 0.6 is 27.7 Å². The maximum Gasteiger partial charge on any atom is 0.327 e. The molecule has 1 saturated heterocycles. The lowest BCUT2D eigenvalue weighted by Crippen LogP contribution is -2.49. The SMILES string of the molecule is CCC1SCC(C(=O)O)N1C(=O)NCc1ccc(Br)cc1. The number of hydrogen-bond acceptors (Lipinski definition) is 3. The number of carboxylic acid groups (broad SMARTS) is 1. The van der Waals surface area contributed by atoms with E-state index in [0.29, 0.717) is 12.3 Å². The van der Waals surface area contributed by atoms with Gasteiger partial charge in [0.15, 0.2) is 0 Å². The third-order valence-electron chi connectivity index (χ3n) is 3.32. The highest BCUT2D eigenvalue weighted by Gasteiger charge is 2.40. The van der Waals surface area contributed by atoms with Crippen LogP contribution in [0, 0.1) is 0 Å². The molecule has 0 radical (unpaired) electrons. The van der Waals surface area contributed by atoms with Crippen LogP contribution in [0.5, 0.6) is 0 Å². The largest absolute Gasteiger partial charge is 0.480 e. The molecule has 2 rings (SSSR count). The molecule has 0 spiro atoms. The smallest absolute Gasteiger partial charge is 0.327 e. The van der Waals surface area contributed by atoms with Crippen molar-refractivity contribution < 1.29 is 14.7 Å². The van der Waals surface area contributed by atoms with E-state index in [9.17, 15) is 14.7 Å². The Bertz CT molecular complexity index is 523. The summed E-state index contributed by atoms with van der Waals surface area (Å²) in [7, 11) is 0. The number of carbonyl (C=O) groups excluding carboxylic acids is 1. The lowest BCUT2D eigenvalue weighted by molar-refractivity contribution is -0.141. The third kappa shape index (κ3) is 3.91. The Morgan fingerprint density at radius 3 is 2.67 bits per heavy atom. The predicted molar refractivity (Wildman–Crippen MR) is 86.2 cm³/mol. The number of thioether (sulfide) groups is 1. The van der Waals surface area contributed by atoms with Crippen molar-refractivity contribution >= 4 is 39.7 Å². The monoisotopic (exact) mass is 372 g/mol. The number of rotatable bonds is 4. The molecule has 2 N–H and O–H groups in total. The maximum absolute atomic E-state index is 12.3. The highest BCUT2D eigenvalue weighted by Crippen LogP contribution is 2.31. The zero-order valence-electron chi connectivity index (χ0n) is 11.6. The molecule has 0 aromatic heterocycles. The number of carboxylic acids is 1. The van der Waals surface area contributed by atoms with E-state index >= 15 is 0 Å². The van der Waals surface area contributed by atoms with Crippen molar-refractivity contribution in [3.05, 3.63) is 34.3 Å². The molecule has 1 heterocycles. The first-order valence-electron chi connectivity index (χ1n) is 6.68. The summed E-state index contributed by atoms with van der Waals surface area (Å²) in [6, 6.07) is 6.57. The summed E-state index contributed by atoms with van der Waals surface area (Å²) in [5.41, 5.74) is 0.971. The van der Waals surface area contributed by atoms with Crippen LogP contribution in [0.4, 0.5) is 4.79 Å². The van der Waals surface area contributed by atoms with Crippen molar-refractivity contribution in [2.75, 3.05) is 5.75 Å². The van der Waals surface area contributed by atoms with E-state index in [1.54, 1.807) is 0 Å². The van der Waals surface area contributed by atoms with Gasteiger partial charge in [0.05, 0.1) is 5.37 Å². The number of aliphatic carboxylic acids is 1. The second-order valence-electron chi connectivity index (χ2n) is 4.74. The Kier molecular flexibility index (Phi) is 5.52. The maximum atomic E-state index is 12.3. The normalized spacial score (nSPS) is 21.3. The van der Waals surface area contributed by atoms with E-state index in [1.165, 1.54) is 16.7 Å². The van der Waals surface area contributed by atoms with Gasteiger partial charge in [-0.25, -0.2) is 9.59 Å². The Hall–Kier alpha value is -1.21. The summed E-state index contributed by atoms with van der Waals surface area (Å²) in [6.45, 7) is 2.34. The fraction of sp³-hybridized carbons (Fsp3) is 0.429. The van der Waals surface area contributed by atoms with Crippen molar-refractivity contribution in [1.82, 2.24) is 10.2 Å². The quantitative estimate of drug-likeness (QED) is 0.852. The highest BCUT2D eigenvalue weighted by molar-refractivity contribution is 9.10. The summed E-state index contributed by atoms with van der Waals surface area (Å²) in [6.07, 6.45) is 0.736. The summed E-state index contributed by atoms with van der Waals surface area (Å²) < 4.78 is 0.977. The number of urea groups is 1. The van der Waals surface area contributed by atoms with Crippen LogP contribution in [0.3, 0.4) is 0 Å². The van der Waals surface area contributed by atoms with Gasteiger partial charge in [0.1, 0.15) is 6.04 Å². The molecule has 1 aromatic carbocycles. The van der Waals surface area contributed by atoms with E-state index in [-0.39, 0.29) is 11.4 Å². The standard InChI is InChI=1S/C14H17BrN2O3S/c1-2-12-17(11(8-21-12)13(18)19)14(20)16-7-9-3-5-10(15)6-4-9/h3-6,11-12H,2,7-8H2,1H3,(H,16,20)(H,18,19). The van der Waals surface area contributed by atoms with Gasteiger partial charge in [-0.05, 0) is 24.1 Å². The number of nitrogens with zero attached hydrogens (tertiary/aromatic N) is 1. The number of halogens is 1. The molecule has 7 heteroatoms. The van der Waals surface area contributed by atoms with Crippen molar-refractivity contribution in [3.63, 3.8) is 0 Å². The molecular weight excluding hydrogens is 356 g/mol. The molecule has 2 unspecified atom stereocenters. The topological polar surface area (TPSA) is 69.6 Å². The molecule has 0 aliphatic carbocycles. The third-order valence-corrected chi connectivity index (χ3v) is 5.30. The molecule has 0 bridgehead atoms. The number of carbonyl (C=O) groups is 2. The van der Waals surface area contributed by atoms with Crippen molar-refractivity contribution in [1.29, 1.82) is 0 Å². The predicted octanol–water partition coefficient (Wildman–Crippen LogP) is 2.90. The molecule has 1 aliphatic heterocycles. The van der Waals surface area contributed by atoms with Gasteiger partial charge >= 0.3 is 12.0 Å². The van der Waals surface area contributed by atoms with Crippen LogP contribution in [0.15, 0.2) is 28.7 Å². The first kappa shape index (κ1) is 16.2. The molecule has 0 saturated carbocycles. The van der Waals surface area contributed by atoms with E-state index < -0.39 is 12.0 Å². The van der Waals surface area contributed by atoms with Crippen LogP contribution in [-0.2, 0) is 11.3 Å². The second kappa shape index (κ2) is 7.17. The lowest BCUT2D eigenvalue weighted by Gasteiger charge is -2.26. The zero-order valence-corrected chi connectivity index (χ0v) is 14.0. The second-order valence-corrected chi connectivity index (χ2v) is 6.87. The molecule has 1 aromatic rings. The lowest BCUT2D eigenvalue weighted by atomic mass is 10.2. The van der Waals surface area contributed by atoms with Crippen LogP contribution in [0.25, 0.3) is 0 Å². The van der Waals surface area contributed by atoms with Gasteiger partial charge in [-0.2, -0.15) is 0 Å². The average Bonchev–Trinajstić information content (AvgIpc) is 2.90. The average molecular weight is 373 g/mol. The number of hydrogen-bond donors (Lipinski definition) is 2. The number of nitrogens with one attached hydrogen (secondary N) is 1. The van der Waals surface area contributed by atoms with Gasteiger partial charge in [0.2, 0.25) is 0 Å². The van der Waals surface area contributed by atoms with E-state index in [1.807, 2.05) is 31.2 Å². The minimum atomic E-state index is -0.947. The van der Waals surface area contributed by atoms with Gasteiger partial charge in [0, 0.05) is 16.8 Å². The number of benzene rings is 1. The van der Waals surface area contributed by atoms with E-state index in [0.717, 1.165) is 16.5 Å². The molecule has 2 atom stereocenters. The van der Waals surface area contributed by atoms with Crippen LogP contribution in [0.2, 0.25) is 0 Å². The highest BCUT2D eigenvalue weighted by atomic mass is 79.9. The fourth-order valence-corrected chi connectivity index (χ4v) is 3.82. The van der Waals surface area contributed by atoms with Gasteiger partial charge in [-0.15, -0.1) is 11.8 Å². The summed E-state index contributed by atoms with van der Waals surface area (Å²) in [5.74, 6) is -0.503. The minimum absolute atomic E-state index is 0.0731. The van der Waals surface area contributed by atoms with Crippen LogP contribution < -0.4 is 5.32 Å². The first-order chi connectivity index (χ1) is 10.0. The molecule has 21 heavy (non-hydrogen) atoms. The molecule has 5 nitrogen and oxygen atoms in total. The molecule has 1 fully saturated rings. The minimum Gasteiger partial charge on any atom is -0.480 e. The van der Waals surface area contributed by atoms with Crippen molar-refractivity contribution in [3.8, 4) is 0 Å². The van der Waals surface area contributed by atoms with Crippen LogP contribution in [-0.4, -0.2) is 39.2 Å². The molecule has 114 valence electrons. The Balaban J connectivity index is 2.00. The Morgan fingerprint density at radius 2 is 2.10 bits per heavy atom. The van der Waals surface area contributed by atoms with Crippen molar-refractivity contribution in [2.24, 2.45) is 0 Å². The van der Waals surface area contributed by atoms with Gasteiger partial charge in [-0.1, -0.05) is 35.0 Å². The Morgan fingerprint density at radius 1 is 1.43 bits per heavy atom. The molecule has 1 aliphatic rings. The summed E-state index contributed by atoms with van der Waals surface area (Å²) >= 11 is 4.87. The van der Waals surface area contributed by atoms with Gasteiger partial charge < -0.3 is 10.4 Å². The molecular formula is C14H17BrN2O3S. The first-order valence-corrected chi connectivity index (χ1v) is 8.52. The molecule has 2 amide bonds. The van der Waals surface area contributed by atoms with Gasteiger partial charge in [0.25, 0.3) is 0 Å². The fourth-order valence-electron chi connectivity index (χ4n) is 2.21. The number of amides is 2. The van der Waals surface area contributed by atoms with E-state index in [4.69, 9.17) is 0 Å². The summed E-state index contributed by atoms with van der Waals surface area (Å²) in [5, 5.41) is 12.0. The zero-order chi connectivity index (χ0) is 15.4. The van der Waals surface area contributed by atoms with E-state index in [2.05, 4.69) is 21.2 Å². The van der Waals surface area contributed by atoms with Gasteiger partial charge in [-0.3, -0.25) is 4.90 Å². The van der Waals surface area contributed by atoms with Crippen LogP contribution in [0.1, 0.15) is 18.9 Å². The van der Waals surface area contributed by atoms with Crippen molar-refractivity contribution in [2.45, 2.75) is 31.3 Å².